The quantitative estimate of drug-likeness (QED) is 0.522. The SMILES string of the molecule is O=C(Nc1cnn(COCC(F)(F)F)c1)c1ccccc1COc1ccc(F)cc1F. The number of nitrogens with one attached hydrogen (secondary N) is 1. The van der Waals surface area contributed by atoms with E-state index >= 15 is 0 Å². The molecule has 0 saturated carbocycles. The van der Waals surface area contributed by atoms with Crippen LogP contribution in [-0.4, -0.2) is 28.5 Å². The smallest absolute Gasteiger partial charge is 0.411 e. The Labute approximate surface area is 173 Å². The molecule has 1 N–H and O–H groups in total. The Hall–Kier alpha value is -3.47. The Bertz CT molecular complexity index is 1050. The maximum absolute atomic E-state index is 13.7. The van der Waals surface area contributed by atoms with Gasteiger partial charge in [0.15, 0.2) is 11.6 Å². The van der Waals surface area contributed by atoms with Gasteiger partial charge in [-0.2, -0.15) is 18.3 Å². The van der Waals surface area contributed by atoms with Crippen LogP contribution in [0.2, 0.25) is 0 Å². The fourth-order valence-corrected chi connectivity index (χ4v) is 2.57. The van der Waals surface area contributed by atoms with Gasteiger partial charge in [0.1, 0.15) is 25.8 Å². The highest BCUT2D eigenvalue weighted by molar-refractivity contribution is 6.05. The van der Waals surface area contributed by atoms with Gasteiger partial charge >= 0.3 is 6.18 Å². The predicted molar refractivity (Wildman–Crippen MR) is 99.3 cm³/mol. The van der Waals surface area contributed by atoms with E-state index in [-0.39, 0.29) is 23.6 Å². The first-order chi connectivity index (χ1) is 14.7. The van der Waals surface area contributed by atoms with Crippen LogP contribution in [0.3, 0.4) is 0 Å². The van der Waals surface area contributed by atoms with Crippen molar-refractivity contribution in [2.24, 2.45) is 0 Å². The lowest BCUT2D eigenvalue weighted by Crippen LogP contribution is -2.18. The topological polar surface area (TPSA) is 65.4 Å². The minimum Gasteiger partial charge on any atom is -0.486 e. The zero-order chi connectivity index (χ0) is 22.4. The zero-order valence-electron chi connectivity index (χ0n) is 15.8. The molecule has 0 saturated heterocycles. The molecule has 1 amide bonds. The average molecular weight is 441 g/mol. The van der Waals surface area contributed by atoms with Gasteiger partial charge in [-0.05, 0) is 18.2 Å². The summed E-state index contributed by atoms with van der Waals surface area (Å²) in [6, 6.07) is 9.27. The van der Waals surface area contributed by atoms with Gasteiger partial charge in [0.2, 0.25) is 0 Å². The van der Waals surface area contributed by atoms with E-state index in [1.807, 2.05) is 0 Å². The molecular weight excluding hydrogens is 425 g/mol. The number of halogens is 5. The fourth-order valence-electron chi connectivity index (χ4n) is 2.57. The molecule has 1 aromatic heterocycles. The molecule has 6 nitrogen and oxygen atoms in total. The number of carbonyl (C=O) groups is 1. The molecule has 0 unspecified atom stereocenters. The van der Waals surface area contributed by atoms with Gasteiger partial charge in [-0.3, -0.25) is 4.79 Å². The molecule has 0 aliphatic rings. The molecule has 0 aliphatic heterocycles. The number of nitrogens with zero attached hydrogens (tertiary/aromatic N) is 2. The number of alkyl halides is 3. The first-order valence-corrected chi connectivity index (χ1v) is 8.85. The van der Waals surface area contributed by atoms with Gasteiger partial charge in [-0.15, -0.1) is 0 Å². The minimum absolute atomic E-state index is 0.156. The van der Waals surface area contributed by atoms with Crippen LogP contribution in [0.4, 0.5) is 27.6 Å². The molecule has 2 aromatic carbocycles. The number of benzene rings is 2. The molecule has 0 aliphatic carbocycles. The molecule has 3 aromatic rings. The first-order valence-electron chi connectivity index (χ1n) is 8.85. The van der Waals surface area contributed by atoms with Crippen molar-refractivity contribution in [1.82, 2.24) is 9.78 Å². The van der Waals surface area contributed by atoms with Crippen molar-refractivity contribution in [1.29, 1.82) is 0 Å². The number of hydrogen-bond acceptors (Lipinski definition) is 4. The van der Waals surface area contributed by atoms with Crippen LogP contribution >= 0.6 is 0 Å². The highest BCUT2D eigenvalue weighted by atomic mass is 19.4. The summed E-state index contributed by atoms with van der Waals surface area (Å²) in [6.45, 7) is -2.02. The zero-order valence-corrected chi connectivity index (χ0v) is 15.8. The number of amides is 1. The molecule has 0 fully saturated rings. The van der Waals surface area contributed by atoms with Crippen molar-refractivity contribution in [3.8, 4) is 5.75 Å². The van der Waals surface area contributed by atoms with Crippen LogP contribution in [-0.2, 0) is 18.1 Å². The molecule has 11 heteroatoms. The van der Waals surface area contributed by atoms with Gasteiger partial charge < -0.3 is 14.8 Å². The Balaban J connectivity index is 1.62. The second-order valence-corrected chi connectivity index (χ2v) is 6.34. The van der Waals surface area contributed by atoms with Crippen LogP contribution in [0.15, 0.2) is 54.9 Å². The second kappa shape index (κ2) is 9.56. The molecule has 1 heterocycles. The van der Waals surface area contributed by atoms with Crippen LogP contribution in [0.1, 0.15) is 15.9 Å². The van der Waals surface area contributed by atoms with Gasteiger partial charge in [0.25, 0.3) is 5.91 Å². The van der Waals surface area contributed by atoms with Crippen molar-refractivity contribution in [2.45, 2.75) is 19.5 Å². The minimum atomic E-state index is -4.45. The Kier molecular flexibility index (Phi) is 6.85. The monoisotopic (exact) mass is 441 g/mol. The van der Waals surface area contributed by atoms with Gasteiger partial charge in [0.05, 0.1) is 18.1 Å². The summed E-state index contributed by atoms with van der Waals surface area (Å²) in [4.78, 5) is 12.6. The molecule has 3 rings (SSSR count). The summed E-state index contributed by atoms with van der Waals surface area (Å²) < 4.78 is 74.0. The van der Waals surface area contributed by atoms with Crippen LogP contribution in [0, 0.1) is 11.6 Å². The molecule has 0 atom stereocenters. The van der Waals surface area contributed by atoms with E-state index in [1.165, 1.54) is 18.5 Å². The van der Waals surface area contributed by atoms with Gasteiger partial charge in [0, 0.05) is 17.2 Å². The molecular formula is C20H16F5N3O3. The van der Waals surface area contributed by atoms with Crippen molar-refractivity contribution in [3.63, 3.8) is 0 Å². The first kappa shape index (κ1) is 22.2. The third-order valence-corrected chi connectivity index (χ3v) is 3.92. The number of hydrogen-bond donors (Lipinski definition) is 1. The van der Waals surface area contributed by atoms with E-state index in [0.717, 1.165) is 16.8 Å². The van der Waals surface area contributed by atoms with Crippen LogP contribution in [0.5, 0.6) is 5.75 Å². The number of anilines is 1. The van der Waals surface area contributed by atoms with E-state index in [0.29, 0.717) is 11.6 Å². The summed E-state index contributed by atoms with van der Waals surface area (Å²) in [5.74, 6) is -2.32. The van der Waals surface area contributed by atoms with Crippen molar-refractivity contribution < 1.29 is 36.2 Å². The second-order valence-electron chi connectivity index (χ2n) is 6.34. The van der Waals surface area contributed by atoms with E-state index in [1.54, 1.807) is 18.2 Å². The highest BCUT2D eigenvalue weighted by Crippen LogP contribution is 2.21. The largest absolute Gasteiger partial charge is 0.486 e. The van der Waals surface area contributed by atoms with Crippen molar-refractivity contribution >= 4 is 11.6 Å². The highest BCUT2D eigenvalue weighted by Gasteiger charge is 2.27. The van der Waals surface area contributed by atoms with Crippen LogP contribution < -0.4 is 10.1 Å². The Morgan fingerprint density at radius 3 is 2.65 bits per heavy atom. The summed E-state index contributed by atoms with van der Waals surface area (Å²) in [6.07, 6.45) is -1.89. The Morgan fingerprint density at radius 1 is 1.13 bits per heavy atom. The number of aromatic nitrogens is 2. The van der Waals surface area contributed by atoms with Gasteiger partial charge in [-0.1, -0.05) is 18.2 Å². The summed E-state index contributed by atoms with van der Waals surface area (Å²) >= 11 is 0. The number of ether oxygens (including phenoxy) is 2. The number of rotatable bonds is 8. The van der Waals surface area contributed by atoms with E-state index < -0.39 is 37.1 Å². The lowest BCUT2D eigenvalue weighted by atomic mass is 10.1. The van der Waals surface area contributed by atoms with Crippen molar-refractivity contribution in [3.05, 3.63) is 77.6 Å². The lowest BCUT2D eigenvalue weighted by Gasteiger charge is -2.11. The van der Waals surface area contributed by atoms with E-state index in [2.05, 4.69) is 15.2 Å². The summed E-state index contributed by atoms with van der Waals surface area (Å²) in [5, 5.41) is 6.37. The Morgan fingerprint density at radius 2 is 1.90 bits per heavy atom. The lowest BCUT2D eigenvalue weighted by molar-refractivity contribution is -0.182. The molecule has 0 bridgehead atoms. The maximum atomic E-state index is 13.7. The third-order valence-electron chi connectivity index (χ3n) is 3.92. The third kappa shape index (κ3) is 6.51. The summed E-state index contributed by atoms with van der Waals surface area (Å²) in [7, 11) is 0. The van der Waals surface area contributed by atoms with Crippen LogP contribution in [0.25, 0.3) is 0 Å². The maximum Gasteiger partial charge on any atom is 0.411 e. The molecule has 0 radical (unpaired) electrons. The van der Waals surface area contributed by atoms with Crippen molar-refractivity contribution in [2.75, 3.05) is 11.9 Å². The fraction of sp³-hybridized carbons (Fsp3) is 0.200. The van der Waals surface area contributed by atoms with Gasteiger partial charge in [-0.25, -0.2) is 13.5 Å². The molecule has 164 valence electrons. The molecule has 31 heavy (non-hydrogen) atoms. The average Bonchev–Trinajstić information content (AvgIpc) is 3.13. The number of carbonyl (C=O) groups excluding carboxylic acids is 1. The normalized spacial score (nSPS) is 11.4. The standard InChI is InChI=1S/C20H16F5N3O3/c21-14-5-6-18(17(22)7-14)31-10-13-3-1-2-4-16(13)19(29)27-15-8-26-28(9-15)12-30-11-20(23,24)25/h1-9H,10-12H2,(H,27,29). The van der Waals surface area contributed by atoms with E-state index in [9.17, 15) is 26.7 Å². The summed E-state index contributed by atoms with van der Waals surface area (Å²) in [5.41, 5.74) is 0.900. The van der Waals surface area contributed by atoms with E-state index in [4.69, 9.17) is 4.74 Å². The predicted octanol–water partition coefficient (Wildman–Crippen LogP) is 4.53. The molecule has 0 spiro atoms.